The minimum absolute atomic E-state index is 0.0624. The first kappa shape index (κ1) is 9.32. The number of hydrogen-bond donors (Lipinski definition) is 2. The Balaban J connectivity index is 2.19. The van der Waals surface area contributed by atoms with Gasteiger partial charge in [0.05, 0.1) is 0 Å². The first-order chi connectivity index (χ1) is 5.47. The maximum atomic E-state index is 11.1. The van der Waals surface area contributed by atoms with Gasteiger partial charge in [-0.25, -0.2) is 4.79 Å². The van der Waals surface area contributed by atoms with E-state index >= 15 is 0 Å². The van der Waals surface area contributed by atoms with Crippen molar-refractivity contribution in [1.82, 2.24) is 10.6 Å². The zero-order valence-corrected chi connectivity index (χ0v) is 7.81. The molecule has 1 saturated heterocycles. The second-order valence-corrected chi connectivity index (χ2v) is 4.06. The summed E-state index contributed by atoms with van der Waals surface area (Å²) in [6, 6.07) is 0. The Morgan fingerprint density at radius 1 is 1.50 bits per heavy atom. The van der Waals surface area contributed by atoms with E-state index in [4.69, 9.17) is 4.74 Å². The van der Waals surface area contributed by atoms with Gasteiger partial charge in [0.1, 0.15) is 6.10 Å². The summed E-state index contributed by atoms with van der Waals surface area (Å²) < 4.78 is 5.05. The van der Waals surface area contributed by atoms with Crippen LogP contribution >= 0.6 is 0 Å². The summed E-state index contributed by atoms with van der Waals surface area (Å²) in [7, 11) is 0. The van der Waals surface area contributed by atoms with Crippen LogP contribution in [0.15, 0.2) is 0 Å². The third kappa shape index (κ3) is 3.09. The maximum absolute atomic E-state index is 11.1. The monoisotopic (exact) mass is 172 g/mol. The Bertz CT molecular complexity index is 170. The first-order valence-corrected chi connectivity index (χ1v) is 4.17. The summed E-state index contributed by atoms with van der Waals surface area (Å²) in [5, 5.41) is 5.75. The van der Waals surface area contributed by atoms with Gasteiger partial charge < -0.3 is 15.4 Å². The molecule has 1 heterocycles. The van der Waals surface area contributed by atoms with Crippen LogP contribution in [0.1, 0.15) is 20.8 Å². The normalized spacial score (nSPS) is 18.2. The van der Waals surface area contributed by atoms with Crippen LogP contribution in [0.25, 0.3) is 0 Å². The van der Waals surface area contributed by atoms with Gasteiger partial charge in [0.2, 0.25) is 0 Å². The number of alkyl carbamates (subject to hydrolysis) is 1. The van der Waals surface area contributed by atoms with Gasteiger partial charge >= 0.3 is 6.09 Å². The predicted molar refractivity (Wildman–Crippen MR) is 46.0 cm³/mol. The highest BCUT2D eigenvalue weighted by molar-refractivity contribution is 5.68. The summed E-state index contributed by atoms with van der Waals surface area (Å²) >= 11 is 0. The Labute approximate surface area is 72.7 Å². The minimum Gasteiger partial charge on any atom is -0.444 e. The van der Waals surface area contributed by atoms with Gasteiger partial charge in [0.15, 0.2) is 0 Å². The van der Waals surface area contributed by atoms with Crippen molar-refractivity contribution >= 4 is 6.09 Å². The van der Waals surface area contributed by atoms with E-state index in [2.05, 4.69) is 10.6 Å². The molecule has 0 aromatic carbocycles. The zero-order chi connectivity index (χ0) is 9.19. The average Bonchev–Trinajstić information content (AvgIpc) is 1.74. The van der Waals surface area contributed by atoms with Crippen LogP contribution in [-0.2, 0) is 4.74 Å². The molecule has 0 unspecified atom stereocenters. The topological polar surface area (TPSA) is 50.4 Å². The lowest BCUT2D eigenvalue weighted by atomic mass is 10.1. The lowest BCUT2D eigenvalue weighted by Gasteiger charge is -2.28. The SMILES string of the molecule is CC(C)(C)NC(=O)OC1CNC1. The number of nitrogens with one attached hydrogen (secondary N) is 2. The van der Waals surface area contributed by atoms with Gasteiger partial charge in [-0.05, 0) is 20.8 Å². The van der Waals surface area contributed by atoms with Crippen molar-refractivity contribution in [3.05, 3.63) is 0 Å². The number of carbonyl (C=O) groups excluding carboxylic acids is 1. The van der Waals surface area contributed by atoms with Crippen LogP contribution in [0.4, 0.5) is 4.79 Å². The fourth-order valence-corrected chi connectivity index (χ4v) is 0.833. The van der Waals surface area contributed by atoms with Crippen LogP contribution in [0, 0.1) is 0 Å². The molecule has 1 amide bonds. The third-order valence-corrected chi connectivity index (χ3v) is 1.49. The van der Waals surface area contributed by atoms with Gasteiger partial charge in [0.25, 0.3) is 0 Å². The van der Waals surface area contributed by atoms with Crippen molar-refractivity contribution in [3.63, 3.8) is 0 Å². The van der Waals surface area contributed by atoms with Crippen molar-refractivity contribution in [2.45, 2.75) is 32.4 Å². The number of hydrogen-bond acceptors (Lipinski definition) is 3. The number of ether oxygens (including phenoxy) is 1. The fraction of sp³-hybridized carbons (Fsp3) is 0.875. The standard InChI is InChI=1S/C8H16N2O2/c1-8(2,3)10-7(11)12-6-4-9-5-6/h6,9H,4-5H2,1-3H3,(H,10,11). The molecule has 4 heteroatoms. The summed E-state index contributed by atoms with van der Waals surface area (Å²) in [6.45, 7) is 7.32. The summed E-state index contributed by atoms with van der Waals surface area (Å²) in [5.41, 5.74) is -0.214. The molecule has 0 saturated carbocycles. The van der Waals surface area contributed by atoms with Crippen molar-refractivity contribution in [2.75, 3.05) is 13.1 Å². The van der Waals surface area contributed by atoms with Gasteiger partial charge in [-0.15, -0.1) is 0 Å². The molecule has 0 radical (unpaired) electrons. The number of carbonyl (C=O) groups is 1. The molecule has 0 aromatic heterocycles. The lowest BCUT2D eigenvalue weighted by molar-refractivity contribution is 0.0623. The van der Waals surface area contributed by atoms with E-state index in [1.807, 2.05) is 20.8 Å². The van der Waals surface area contributed by atoms with Gasteiger partial charge in [-0.3, -0.25) is 0 Å². The van der Waals surface area contributed by atoms with E-state index in [-0.39, 0.29) is 17.7 Å². The summed E-state index contributed by atoms with van der Waals surface area (Å²) in [4.78, 5) is 11.1. The molecule has 0 spiro atoms. The third-order valence-electron chi connectivity index (χ3n) is 1.49. The lowest BCUT2D eigenvalue weighted by Crippen LogP contribution is -2.52. The molecular weight excluding hydrogens is 156 g/mol. The first-order valence-electron chi connectivity index (χ1n) is 4.17. The second-order valence-electron chi connectivity index (χ2n) is 4.06. The molecule has 0 aliphatic carbocycles. The van der Waals surface area contributed by atoms with E-state index in [1.54, 1.807) is 0 Å². The molecule has 70 valence electrons. The molecule has 4 nitrogen and oxygen atoms in total. The maximum Gasteiger partial charge on any atom is 0.407 e. The molecule has 1 aliphatic rings. The smallest absolute Gasteiger partial charge is 0.407 e. The van der Waals surface area contributed by atoms with E-state index in [0.29, 0.717) is 0 Å². The van der Waals surface area contributed by atoms with Gasteiger partial charge in [-0.1, -0.05) is 0 Å². The van der Waals surface area contributed by atoms with E-state index in [0.717, 1.165) is 13.1 Å². The quantitative estimate of drug-likeness (QED) is 0.605. The van der Waals surface area contributed by atoms with E-state index < -0.39 is 0 Å². The van der Waals surface area contributed by atoms with E-state index in [1.165, 1.54) is 0 Å². The molecule has 2 N–H and O–H groups in total. The van der Waals surface area contributed by atoms with Crippen LogP contribution in [0.3, 0.4) is 0 Å². The fourth-order valence-electron chi connectivity index (χ4n) is 0.833. The molecule has 0 atom stereocenters. The van der Waals surface area contributed by atoms with Crippen molar-refractivity contribution in [3.8, 4) is 0 Å². The highest BCUT2D eigenvalue weighted by Crippen LogP contribution is 2.02. The minimum atomic E-state index is -0.325. The van der Waals surface area contributed by atoms with Gasteiger partial charge in [0, 0.05) is 18.6 Å². The Kier molecular flexibility index (Phi) is 2.57. The molecule has 1 rings (SSSR count). The average molecular weight is 172 g/mol. The Morgan fingerprint density at radius 3 is 2.42 bits per heavy atom. The summed E-state index contributed by atoms with van der Waals surface area (Å²) in [5.74, 6) is 0. The van der Waals surface area contributed by atoms with Gasteiger partial charge in [-0.2, -0.15) is 0 Å². The van der Waals surface area contributed by atoms with Crippen molar-refractivity contribution < 1.29 is 9.53 Å². The van der Waals surface area contributed by atoms with Crippen LogP contribution < -0.4 is 10.6 Å². The van der Waals surface area contributed by atoms with Crippen LogP contribution in [0.5, 0.6) is 0 Å². The molecule has 12 heavy (non-hydrogen) atoms. The Morgan fingerprint density at radius 2 is 2.08 bits per heavy atom. The highest BCUT2D eigenvalue weighted by Gasteiger charge is 2.23. The van der Waals surface area contributed by atoms with Crippen LogP contribution in [0.2, 0.25) is 0 Å². The van der Waals surface area contributed by atoms with Crippen molar-refractivity contribution in [2.24, 2.45) is 0 Å². The summed E-state index contributed by atoms with van der Waals surface area (Å²) in [6.07, 6.45) is -0.263. The Hall–Kier alpha value is -0.770. The largest absolute Gasteiger partial charge is 0.444 e. The number of amides is 1. The number of rotatable bonds is 1. The second kappa shape index (κ2) is 3.31. The zero-order valence-electron chi connectivity index (χ0n) is 7.81. The molecule has 0 aromatic rings. The molecular formula is C8H16N2O2. The van der Waals surface area contributed by atoms with Crippen LogP contribution in [-0.4, -0.2) is 30.8 Å². The van der Waals surface area contributed by atoms with Crippen molar-refractivity contribution in [1.29, 1.82) is 0 Å². The molecule has 1 aliphatic heterocycles. The molecule has 1 fully saturated rings. The van der Waals surface area contributed by atoms with E-state index in [9.17, 15) is 4.79 Å². The molecule has 0 bridgehead atoms. The highest BCUT2D eigenvalue weighted by atomic mass is 16.6. The predicted octanol–water partition coefficient (Wildman–Crippen LogP) is 0.483.